The molecule has 0 unspecified atom stereocenters. The molecule has 7 N–H and O–H groups in total. The lowest BCUT2D eigenvalue weighted by Crippen LogP contribution is -2.39. The second kappa shape index (κ2) is 5.46. The summed E-state index contributed by atoms with van der Waals surface area (Å²) in [5.41, 5.74) is 4.41. The minimum atomic E-state index is -4.97. The van der Waals surface area contributed by atoms with Gasteiger partial charge in [-0.2, -0.15) is 4.98 Å². The molecule has 11 nitrogen and oxygen atoms in total. The number of ether oxygens (including phenoxy) is 1. The van der Waals surface area contributed by atoms with E-state index < -0.39 is 43.7 Å². The first-order chi connectivity index (χ1) is 9.62. The second-order valence-electron chi connectivity index (χ2n) is 4.52. The number of aliphatic hydroxyl groups excluding tert-OH is 3. The Hall–Kier alpha value is -1.33. The van der Waals surface area contributed by atoms with Crippen molar-refractivity contribution in [1.29, 1.82) is 0 Å². The minimum absolute atomic E-state index is 0.0731. The van der Waals surface area contributed by atoms with Crippen molar-refractivity contribution in [2.75, 3.05) is 5.73 Å². The third-order valence-corrected chi connectivity index (χ3v) is 4.02. The number of hydrogen-bond donors (Lipinski definition) is 6. The molecule has 21 heavy (non-hydrogen) atoms. The number of nitrogens with zero attached hydrogens (tertiary/aromatic N) is 2. The summed E-state index contributed by atoms with van der Waals surface area (Å²) in [5, 5.41) is 29.0. The molecule has 0 radical (unpaired) electrons. The Bertz CT molecular complexity index is 630. The molecule has 12 heteroatoms. The van der Waals surface area contributed by atoms with Gasteiger partial charge in [-0.25, -0.2) is 4.79 Å². The lowest BCUT2D eigenvalue weighted by atomic mass is 10.1. The van der Waals surface area contributed by atoms with Gasteiger partial charge in [-0.3, -0.25) is 9.13 Å². The van der Waals surface area contributed by atoms with E-state index in [0.717, 1.165) is 10.8 Å². The van der Waals surface area contributed by atoms with Crippen LogP contribution in [0, 0.1) is 0 Å². The Morgan fingerprint density at radius 1 is 1.38 bits per heavy atom. The fraction of sp³-hybridized carbons (Fsp3) is 0.556. The maximum absolute atomic E-state index is 11.6. The van der Waals surface area contributed by atoms with Crippen molar-refractivity contribution in [3.63, 3.8) is 0 Å². The molecule has 0 saturated carbocycles. The topological polar surface area (TPSA) is 188 Å². The minimum Gasteiger partial charge on any atom is -0.387 e. The molecule has 0 amide bonds. The molecule has 2 heterocycles. The zero-order chi connectivity index (χ0) is 15.9. The molecule has 1 aliphatic rings. The van der Waals surface area contributed by atoms with Gasteiger partial charge in [0.2, 0.25) is 0 Å². The standard InChI is InChI=1S/C9H14N3O8P/c10-3-1-2-12(9(16)11-3)7-5(14)4(13)6(20-7)8(15)21(17,18)19/h1-2,4-8,13-15H,(H2,10,11,16)(H2,17,18,19)/t4-,5+,6-,7+,8-/m0/s1. The number of anilines is 1. The third kappa shape index (κ3) is 2.99. The highest BCUT2D eigenvalue weighted by molar-refractivity contribution is 7.52. The van der Waals surface area contributed by atoms with Gasteiger partial charge in [-0.15, -0.1) is 0 Å². The Kier molecular flexibility index (Phi) is 4.17. The van der Waals surface area contributed by atoms with Crippen LogP contribution in [-0.4, -0.2) is 58.8 Å². The van der Waals surface area contributed by atoms with Crippen LogP contribution in [0.25, 0.3) is 0 Å². The highest BCUT2D eigenvalue weighted by Gasteiger charge is 2.51. The fourth-order valence-corrected chi connectivity index (χ4v) is 2.60. The molecule has 2 rings (SSSR count). The summed E-state index contributed by atoms with van der Waals surface area (Å²) >= 11 is 0. The molecule has 1 fully saturated rings. The van der Waals surface area contributed by atoms with E-state index in [0.29, 0.717) is 0 Å². The molecule has 1 aromatic rings. The van der Waals surface area contributed by atoms with Gasteiger partial charge in [0, 0.05) is 6.20 Å². The Balaban J connectivity index is 2.32. The van der Waals surface area contributed by atoms with Gasteiger partial charge in [0.1, 0.15) is 24.1 Å². The Morgan fingerprint density at radius 2 is 2.00 bits per heavy atom. The maximum atomic E-state index is 11.6. The van der Waals surface area contributed by atoms with E-state index in [1.807, 2.05) is 0 Å². The van der Waals surface area contributed by atoms with Crippen LogP contribution in [0.5, 0.6) is 0 Å². The van der Waals surface area contributed by atoms with E-state index in [4.69, 9.17) is 20.3 Å². The highest BCUT2D eigenvalue weighted by atomic mass is 31.2. The van der Waals surface area contributed by atoms with E-state index in [9.17, 15) is 24.7 Å². The molecule has 0 aromatic carbocycles. The van der Waals surface area contributed by atoms with E-state index in [-0.39, 0.29) is 5.82 Å². The van der Waals surface area contributed by atoms with Gasteiger partial charge >= 0.3 is 13.3 Å². The van der Waals surface area contributed by atoms with Crippen LogP contribution < -0.4 is 11.4 Å². The number of nitrogen functional groups attached to an aromatic ring is 1. The van der Waals surface area contributed by atoms with Gasteiger partial charge < -0.3 is 35.6 Å². The van der Waals surface area contributed by atoms with Gasteiger partial charge in [0.05, 0.1) is 0 Å². The average molecular weight is 323 g/mol. The Labute approximate surface area is 117 Å². The largest absolute Gasteiger partial charge is 0.387 e. The van der Waals surface area contributed by atoms with E-state index in [2.05, 4.69) is 4.98 Å². The molecule has 118 valence electrons. The lowest BCUT2D eigenvalue weighted by molar-refractivity contribution is -0.0694. The Morgan fingerprint density at radius 3 is 2.52 bits per heavy atom. The molecule has 1 aliphatic heterocycles. The van der Waals surface area contributed by atoms with Gasteiger partial charge in [-0.05, 0) is 6.07 Å². The summed E-state index contributed by atoms with van der Waals surface area (Å²) in [5.74, 6) is -2.42. The number of aromatic nitrogens is 2. The van der Waals surface area contributed by atoms with Crippen molar-refractivity contribution in [3.05, 3.63) is 22.7 Å². The van der Waals surface area contributed by atoms with E-state index in [1.165, 1.54) is 6.07 Å². The molecular formula is C9H14N3O8P. The average Bonchev–Trinajstić information content (AvgIpc) is 2.65. The number of aliphatic hydroxyl groups is 3. The number of hydrogen-bond acceptors (Lipinski definition) is 8. The van der Waals surface area contributed by atoms with Crippen LogP contribution in [0.1, 0.15) is 6.23 Å². The first-order valence-electron chi connectivity index (χ1n) is 5.72. The van der Waals surface area contributed by atoms with Crippen molar-refractivity contribution in [2.24, 2.45) is 0 Å². The van der Waals surface area contributed by atoms with Crippen molar-refractivity contribution in [1.82, 2.24) is 9.55 Å². The predicted octanol–water partition coefficient (Wildman–Crippen LogP) is -3.06. The van der Waals surface area contributed by atoms with Gasteiger partial charge in [0.15, 0.2) is 12.1 Å². The van der Waals surface area contributed by atoms with Crippen LogP contribution in [0.15, 0.2) is 17.1 Å². The molecule has 0 aliphatic carbocycles. The normalized spacial score (nSPS) is 31.3. The van der Waals surface area contributed by atoms with Gasteiger partial charge in [-0.1, -0.05) is 0 Å². The van der Waals surface area contributed by atoms with E-state index >= 15 is 0 Å². The van der Waals surface area contributed by atoms with Crippen molar-refractivity contribution < 1.29 is 34.4 Å². The lowest BCUT2D eigenvalue weighted by Gasteiger charge is -2.21. The SMILES string of the molecule is Nc1ccn([C@@H]2O[C@H]([C@@H](O)P(=O)(O)O)[C@@H](O)[C@H]2O)c(=O)n1. The number of rotatable bonds is 3. The fourth-order valence-electron chi connectivity index (χ4n) is 1.97. The zero-order valence-corrected chi connectivity index (χ0v) is 11.3. The zero-order valence-electron chi connectivity index (χ0n) is 10.4. The molecule has 5 atom stereocenters. The van der Waals surface area contributed by atoms with Crippen molar-refractivity contribution >= 4 is 13.4 Å². The number of nitrogens with two attached hydrogens (primary N) is 1. The quantitative estimate of drug-likeness (QED) is 0.311. The molecule has 1 aromatic heterocycles. The maximum Gasteiger partial charge on any atom is 0.356 e. The van der Waals surface area contributed by atoms with Crippen LogP contribution >= 0.6 is 7.60 Å². The molecular weight excluding hydrogens is 309 g/mol. The van der Waals surface area contributed by atoms with Crippen molar-refractivity contribution in [3.8, 4) is 0 Å². The summed E-state index contributed by atoms with van der Waals surface area (Å²) in [4.78, 5) is 32.8. The third-order valence-electron chi connectivity index (χ3n) is 3.04. The molecule has 0 bridgehead atoms. The van der Waals surface area contributed by atoms with Gasteiger partial charge in [0.25, 0.3) is 0 Å². The molecule has 0 spiro atoms. The highest BCUT2D eigenvalue weighted by Crippen LogP contribution is 2.46. The first-order valence-corrected chi connectivity index (χ1v) is 7.40. The summed E-state index contributed by atoms with van der Waals surface area (Å²) in [6.45, 7) is 0. The predicted molar refractivity (Wildman–Crippen MR) is 66.9 cm³/mol. The second-order valence-corrected chi connectivity index (χ2v) is 6.22. The summed E-state index contributed by atoms with van der Waals surface area (Å²) < 4.78 is 16.8. The van der Waals surface area contributed by atoms with E-state index in [1.54, 1.807) is 0 Å². The monoisotopic (exact) mass is 323 g/mol. The van der Waals surface area contributed by atoms with Crippen LogP contribution in [0.3, 0.4) is 0 Å². The first kappa shape index (κ1) is 16.0. The molecule has 1 saturated heterocycles. The van der Waals surface area contributed by atoms with Crippen LogP contribution in [0.4, 0.5) is 5.82 Å². The summed E-state index contributed by atoms with van der Waals surface area (Å²) in [7, 11) is -4.97. The summed E-state index contributed by atoms with van der Waals surface area (Å²) in [6.07, 6.45) is -5.60. The summed E-state index contributed by atoms with van der Waals surface area (Å²) in [6, 6.07) is 1.23. The van der Waals surface area contributed by atoms with Crippen LogP contribution in [-0.2, 0) is 9.30 Å². The van der Waals surface area contributed by atoms with Crippen molar-refractivity contribution in [2.45, 2.75) is 30.4 Å². The van der Waals surface area contributed by atoms with Crippen LogP contribution in [0.2, 0.25) is 0 Å². The smallest absolute Gasteiger partial charge is 0.356 e.